The second-order valence-corrected chi connectivity index (χ2v) is 7.68. The van der Waals surface area contributed by atoms with E-state index < -0.39 is 0 Å². The van der Waals surface area contributed by atoms with Crippen molar-refractivity contribution in [1.82, 2.24) is 19.7 Å². The van der Waals surface area contributed by atoms with Crippen LogP contribution >= 0.6 is 0 Å². The van der Waals surface area contributed by atoms with E-state index in [0.29, 0.717) is 5.88 Å². The monoisotopic (exact) mass is 392 g/mol. The van der Waals surface area contributed by atoms with Crippen LogP contribution in [0, 0.1) is 0 Å². The fourth-order valence-corrected chi connectivity index (χ4v) is 3.81. The highest BCUT2D eigenvalue weighted by Crippen LogP contribution is 2.31. The van der Waals surface area contributed by atoms with E-state index in [2.05, 4.69) is 37.0 Å². The Bertz CT molecular complexity index is 1090. The van der Waals surface area contributed by atoms with Gasteiger partial charge in [-0.1, -0.05) is 0 Å². The van der Waals surface area contributed by atoms with Gasteiger partial charge in [0.25, 0.3) is 5.56 Å². The summed E-state index contributed by atoms with van der Waals surface area (Å²) >= 11 is 0. The lowest BCUT2D eigenvalue weighted by molar-refractivity contribution is 0.116. The number of fused-ring (bicyclic) bond motifs is 1. The second-order valence-electron chi connectivity index (χ2n) is 7.68. The molecule has 0 amide bonds. The standard InChI is InChI=1S/C21H24N6O2/c1-25-20(28)8-7-19(24-25)27-11-9-26(10-12-27)15-5-6-18-17(13-15)21(23-14-22-18)29-16-3-2-4-16/h5-8,13-14,16H,2-4,9-12H2,1H3. The van der Waals surface area contributed by atoms with Crippen molar-refractivity contribution < 1.29 is 4.74 Å². The second kappa shape index (κ2) is 7.35. The van der Waals surface area contributed by atoms with Gasteiger partial charge >= 0.3 is 0 Å². The summed E-state index contributed by atoms with van der Waals surface area (Å²) in [6.07, 6.45) is 5.30. The molecule has 0 unspecified atom stereocenters. The summed E-state index contributed by atoms with van der Waals surface area (Å²) < 4.78 is 7.47. The number of rotatable bonds is 4. The number of anilines is 2. The van der Waals surface area contributed by atoms with Crippen molar-refractivity contribution in [2.24, 2.45) is 7.05 Å². The number of piperazine rings is 1. The Morgan fingerprint density at radius 2 is 1.79 bits per heavy atom. The van der Waals surface area contributed by atoms with Gasteiger partial charge in [0.05, 0.1) is 10.9 Å². The summed E-state index contributed by atoms with van der Waals surface area (Å²) in [5, 5.41) is 5.34. The Morgan fingerprint density at radius 3 is 2.52 bits per heavy atom. The molecule has 8 heteroatoms. The molecule has 29 heavy (non-hydrogen) atoms. The maximum atomic E-state index is 11.6. The fourth-order valence-electron chi connectivity index (χ4n) is 3.81. The van der Waals surface area contributed by atoms with Crippen LogP contribution in [0.4, 0.5) is 11.5 Å². The molecule has 0 bridgehead atoms. The number of aryl methyl sites for hydroxylation is 1. The molecule has 0 spiro atoms. The van der Waals surface area contributed by atoms with Crippen LogP contribution in [-0.2, 0) is 7.05 Å². The van der Waals surface area contributed by atoms with E-state index in [4.69, 9.17) is 4.74 Å². The molecule has 8 nitrogen and oxygen atoms in total. The maximum absolute atomic E-state index is 11.6. The highest BCUT2D eigenvalue weighted by molar-refractivity contribution is 5.86. The van der Waals surface area contributed by atoms with Gasteiger partial charge in [0.15, 0.2) is 0 Å². The Hall–Kier alpha value is -3.16. The minimum Gasteiger partial charge on any atom is -0.474 e. The summed E-state index contributed by atoms with van der Waals surface area (Å²) in [4.78, 5) is 24.9. The summed E-state index contributed by atoms with van der Waals surface area (Å²) in [7, 11) is 1.68. The molecular weight excluding hydrogens is 368 g/mol. The van der Waals surface area contributed by atoms with Crippen LogP contribution in [-0.4, -0.2) is 52.0 Å². The molecule has 0 radical (unpaired) electrons. The molecule has 0 N–H and O–H groups in total. The summed E-state index contributed by atoms with van der Waals surface area (Å²) in [6, 6.07) is 9.67. The molecule has 3 aromatic rings. The van der Waals surface area contributed by atoms with Crippen LogP contribution in [0.3, 0.4) is 0 Å². The third-order valence-corrected chi connectivity index (χ3v) is 5.83. The molecule has 1 aliphatic carbocycles. The average molecular weight is 392 g/mol. The van der Waals surface area contributed by atoms with Gasteiger partial charge in [-0.15, -0.1) is 0 Å². The lowest BCUT2D eigenvalue weighted by Gasteiger charge is -2.36. The van der Waals surface area contributed by atoms with Crippen molar-refractivity contribution in [3.63, 3.8) is 0 Å². The van der Waals surface area contributed by atoms with E-state index in [1.54, 1.807) is 25.5 Å². The molecule has 1 aliphatic heterocycles. The first-order chi connectivity index (χ1) is 14.2. The first kappa shape index (κ1) is 17.9. The lowest BCUT2D eigenvalue weighted by Crippen LogP contribution is -2.47. The summed E-state index contributed by atoms with van der Waals surface area (Å²) in [5.74, 6) is 1.53. The number of hydrogen-bond donors (Lipinski definition) is 0. The van der Waals surface area contributed by atoms with Crippen LogP contribution in [0.2, 0.25) is 0 Å². The smallest absolute Gasteiger partial charge is 0.266 e. The molecule has 5 rings (SSSR count). The van der Waals surface area contributed by atoms with Crippen molar-refractivity contribution in [2.45, 2.75) is 25.4 Å². The van der Waals surface area contributed by atoms with Gasteiger partial charge in [-0.25, -0.2) is 14.6 Å². The van der Waals surface area contributed by atoms with Gasteiger partial charge < -0.3 is 14.5 Å². The van der Waals surface area contributed by atoms with Crippen LogP contribution < -0.4 is 20.1 Å². The zero-order valence-electron chi connectivity index (χ0n) is 16.5. The van der Waals surface area contributed by atoms with Crippen LogP contribution in [0.5, 0.6) is 5.88 Å². The number of hydrogen-bond acceptors (Lipinski definition) is 7. The zero-order valence-corrected chi connectivity index (χ0v) is 16.5. The van der Waals surface area contributed by atoms with Crippen molar-refractivity contribution >= 4 is 22.4 Å². The topological polar surface area (TPSA) is 76.4 Å². The Kier molecular flexibility index (Phi) is 4.54. The van der Waals surface area contributed by atoms with Crippen molar-refractivity contribution in [2.75, 3.05) is 36.0 Å². The molecule has 2 fully saturated rings. The zero-order chi connectivity index (χ0) is 19.8. The van der Waals surface area contributed by atoms with Crippen LogP contribution in [0.15, 0.2) is 41.5 Å². The van der Waals surface area contributed by atoms with E-state index in [1.165, 1.54) is 11.1 Å². The third kappa shape index (κ3) is 3.50. The van der Waals surface area contributed by atoms with E-state index in [0.717, 1.165) is 61.4 Å². The Balaban J connectivity index is 1.34. The highest BCUT2D eigenvalue weighted by atomic mass is 16.5. The molecular formula is C21H24N6O2. The maximum Gasteiger partial charge on any atom is 0.266 e. The largest absolute Gasteiger partial charge is 0.474 e. The number of nitrogens with zero attached hydrogens (tertiary/aromatic N) is 6. The third-order valence-electron chi connectivity index (χ3n) is 5.83. The summed E-state index contributed by atoms with van der Waals surface area (Å²) in [6.45, 7) is 3.45. The number of ether oxygens (including phenoxy) is 1. The van der Waals surface area contributed by atoms with E-state index in [-0.39, 0.29) is 11.7 Å². The molecule has 1 saturated heterocycles. The van der Waals surface area contributed by atoms with Crippen molar-refractivity contribution in [3.05, 3.63) is 47.0 Å². The Morgan fingerprint density at radius 1 is 1.00 bits per heavy atom. The average Bonchev–Trinajstić information content (AvgIpc) is 2.72. The fraction of sp³-hybridized carbons (Fsp3) is 0.429. The lowest BCUT2D eigenvalue weighted by atomic mass is 9.96. The summed E-state index contributed by atoms with van der Waals surface area (Å²) in [5.41, 5.74) is 1.97. The minimum atomic E-state index is -0.0920. The van der Waals surface area contributed by atoms with Gasteiger partial charge in [-0.05, 0) is 43.5 Å². The van der Waals surface area contributed by atoms with Crippen LogP contribution in [0.25, 0.3) is 10.9 Å². The van der Waals surface area contributed by atoms with Gasteiger partial charge in [0, 0.05) is 45.0 Å². The Labute approximate surface area is 168 Å². The predicted molar refractivity (Wildman–Crippen MR) is 112 cm³/mol. The van der Waals surface area contributed by atoms with Crippen molar-refractivity contribution in [1.29, 1.82) is 0 Å². The minimum absolute atomic E-state index is 0.0920. The molecule has 3 heterocycles. The molecule has 150 valence electrons. The first-order valence-electron chi connectivity index (χ1n) is 10.1. The van der Waals surface area contributed by atoms with Gasteiger partial charge in [0.1, 0.15) is 18.2 Å². The van der Waals surface area contributed by atoms with Gasteiger partial charge in [-0.3, -0.25) is 4.79 Å². The van der Waals surface area contributed by atoms with E-state index >= 15 is 0 Å². The van der Waals surface area contributed by atoms with Gasteiger partial charge in [0.2, 0.25) is 5.88 Å². The highest BCUT2D eigenvalue weighted by Gasteiger charge is 2.22. The molecule has 1 saturated carbocycles. The molecule has 2 aromatic heterocycles. The van der Waals surface area contributed by atoms with Gasteiger partial charge in [-0.2, -0.15) is 5.10 Å². The number of benzene rings is 1. The SMILES string of the molecule is Cn1nc(N2CCN(c3ccc4ncnc(OC5CCC5)c4c3)CC2)ccc1=O. The molecule has 1 aromatic carbocycles. The molecule has 0 atom stereocenters. The normalized spacial score (nSPS) is 17.4. The molecule has 2 aliphatic rings. The van der Waals surface area contributed by atoms with Crippen LogP contribution in [0.1, 0.15) is 19.3 Å². The number of aromatic nitrogens is 4. The predicted octanol–water partition coefficient (Wildman–Crippen LogP) is 1.98. The first-order valence-corrected chi connectivity index (χ1v) is 10.1. The van der Waals surface area contributed by atoms with E-state index in [9.17, 15) is 4.79 Å². The van der Waals surface area contributed by atoms with E-state index in [1.807, 2.05) is 6.07 Å². The quantitative estimate of drug-likeness (QED) is 0.672. The van der Waals surface area contributed by atoms with Crippen molar-refractivity contribution in [3.8, 4) is 5.88 Å².